The molecule has 0 atom stereocenters. The van der Waals surface area contributed by atoms with Crippen molar-refractivity contribution in [3.8, 4) is 0 Å². The van der Waals surface area contributed by atoms with Gasteiger partial charge in [0.15, 0.2) is 0 Å². The molecular weight excluding hydrogens is 264 g/mol. The first kappa shape index (κ1) is 16.5. The van der Waals surface area contributed by atoms with E-state index < -0.39 is 12.5 Å². The fourth-order valence-electron chi connectivity index (χ4n) is 1.82. The zero-order valence-corrected chi connectivity index (χ0v) is 11.6. The Morgan fingerprint density at radius 3 is 2.50 bits per heavy atom. The highest BCUT2D eigenvalue weighted by Crippen LogP contribution is 2.28. The number of amidine groups is 1. The lowest BCUT2D eigenvalue weighted by Crippen LogP contribution is -2.39. The molecule has 1 aromatic rings. The second kappa shape index (κ2) is 7.91. The molecule has 1 aromatic carbocycles. The van der Waals surface area contributed by atoms with Crippen LogP contribution in [0.3, 0.4) is 0 Å². The van der Waals surface area contributed by atoms with Crippen molar-refractivity contribution in [1.29, 1.82) is 5.41 Å². The number of ether oxygens (including phenoxy) is 1. The summed E-state index contributed by atoms with van der Waals surface area (Å²) in [6.45, 7) is 0.656. The lowest BCUT2D eigenvalue weighted by Gasteiger charge is -2.27. The van der Waals surface area contributed by atoms with Crippen LogP contribution in [0, 0.1) is 5.41 Å². The van der Waals surface area contributed by atoms with E-state index in [1.807, 2.05) is 0 Å². The van der Waals surface area contributed by atoms with Gasteiger partial charge in [0.1, 0.15) is 0 Å². The maximum Gasteiger partial charge on any atom is 0.285 e. The van der Waals surface area contributed by atoms with Gasteiger partial charge in [-0.3, -0.25) is 10.3 Å². The van der Waals surface area contributed by atoms with E-state index in [4.69, 9.17) is 15.9 Å². The van der Waals surface area contributed by atoms with Gasteiger partial charge in [0, 0.05) is 32.2 Å². The molecule has 0 unspecified atom stereocenters. The first-order valence-electron chi connectivity index (χ1n) is 6.43. The predicted octanol–water partition coefficient (Wildman–Crippen LogP) is 2.05. The van der Waals surface area contributed by atoms with Crippen LogP contribution in [0.2, 0.25) is 0 Å². The van der Waals surface area contributed by atoms with Crippen LogP contribution >= 0.6 is 0 Å². The van der Waals surface area contributed by atoms with Gasteiger partial charge in [0.25, 0.3) is 5.92 Å². The molecule has 0 aliphatic rings. The first-order chi connectivity index (χ1) is 9.45. The van der Waals surface area contributed by atoms with E-state index in [9.17, 15) is 8.78 Å². The topological polar surface area (TPSA) is 62.3 Å². The lowest BCUT2D eigenvalue weighted by molar-refractivity contribution is -0.0410. The SMILES string of the molecule is COCCN(CCC(=N)N)CC(F)(F)c1ccccc1. The van der Waals surface area contributed by atoms with Gasteiger partial charge in [-0.05, 0) is 0 Å². The summed E-state index contributed by atoms with van der Waals surface area (Å²) in [5.41, 5.74) is 5.27. The number of hydrogen-bond donors (Lipinski definition) is 2. The van der Waals surface area contributed by atoms with Crippen LogP contribution in [0.25, 0.3) is 0 Å². The first-order valence-corrected chi connectivity index (χ1v) is 6.43. The minimum Gasteiger partial charge on any atom is -0.388 e. The summed E-state index contributed by atoms with van der Waals surface area (Å²) in [4.78, 5) is 1.57. The normalized spacial score (nSPS) is 11.8. The molecule has 20 heavy (non-hydrogen) atoms. The predicted molar refractivity (Wildman–Crippen MR) is 75.2 cm³/mol. The third-order valence-corrected chi connectivity index (χ3v) is 2.93. The molecule has 112 valence electrons. The van der Waals surface area contributed by atoms with Gasteiger partial charge in [-0.1, -0.05) is 30.3 Å². The van der Waals surface area contributed by atoms with E-state index in [0.29, 0.717) is 19.7 Å². The molecule has 4 nitrogen and oxygen atoms in total. The van der Waals surface area contributed by atoms with Gasteiger partial charge >= 0.3 is 0 Å². The Morgan fingerprint density at radius 1 is 1.30 bits per heavy atom. The molecule has 0 heterocycles. The van der Waals surface area contributed by atoms with Crippen molar-refractivity contribution in [3.63, 3.8) is 0 Å². The van der Waals surface area contributed by atoms with E-state index in [0.717, 1.165) is 0 Å². The molecule has 0 aliphatic carbocycles. The van der Waals surface area contributed by atoms with Gasteiger partial charge in [0.05, 0.1) is 19.0 Å². The molecule has 0 spiro atoms. The highest BCUT2D eigenvalue weighted by molar-refractivity contribution is 5.76. The second-order valence-corrected chi connectivity index (χ2v) is 4.61. The Balaban J connectivity index is 2.68. The number of alkyl halides is 2. The van der Waals surface area contributed by atoms with Crippen LogP contribution in [0.15, 0.2) is 30.3 Å². The highest BCUT2D eigenvalue weighted by Gasteiger charge is 2.33. The molecule has 0 aliphatic heterocycles. The van der Waals surface area contributed by atoms with Crippen LogP contribution in [0.5, 0.6) is 0 Å². The fourth-order valence-corrected chi connectivity index (χ4v) is 1.82. The second-order valence-electron chi connectivity index (χ2n) is 4.61. The smallest absolute Gasteiger partial charge is 0.285 e. The quantitative estimate of drug-likeness (QED) is 0.539. The number of nitrogens with zero attached hydrogens (tertiary/aromatic N) is 1. The zero-order valence-electron chi connectivity index (χ0n) is 11.6. The Kier molecular flexibility index (Phi) is 6.54. The minimum atomic E-state index is -2.94. The van der Waals surface area contributed by atoms with Gasteiger partial charge < -0.3 is 10.5 Å². The highest BCUT2D eigenvalue weighted by atomic mass is 19.3. The van der Waals surface area contributed by atoms with Crippen molar-refractivity contribution in [2.24, 2.45) is 5.73 Å². The summed E-state index contributed by atoms with van der Waals surface area (Å²) in [5.74, 6) is -2.94. The fraction of sp³-hybridized carbons (Fsp3) is 0.500. The van der Waals surface area contributed by atoms with E-state index in [-0.39, 0.29) is 17.8 Å². The van der Waals surface area contributed by atoms with Crippen molar-refractivity contribution in [1.82, 2.24) is 4.90 Å². The lowest BCUT2D eigenvalue weighted by atomic mass is 10.1. The summed E-state index contributed by atoms with van der Waals surface area (Å²) in [6, 6.07) is 7.73. The van der Waals surface area contributed by atoms with Crippen LogP contribution < -0.4 is 5.73 Å². The van der Waals surface area contributed by atoms with Gasteiger partial charge in [-0.25, -0.2) is 0 Å². The maximum absolute atomic E-state index is 14.2. The van der Waals surface area contributed by atoms with E-state index in [1.165, 1.54) is 19.2 Å². The summed E-state index contributed by atoms with van der Waals surface area (Å²) < 4.78 is 33.3. The van der Waals surface area contributed by atoms with Crippen LogP contribution in [0.4, 0.5) is 8.78 Å². The van der Waals surface area contributed by atoms with E-state index in [1.54, 1.807) is 23.1 Å². The average molecular weight is 285 g/mol. The number of methoxy groups -OCH3 is 1. The summed E-state index contributed by atoms with van der Waals surface area (Å²) in [6.07, 6.45) is 0.272. The average Bonchev–Trinajstić information content (AvgIpc) is 2.42. The molecule has 0 fully saturated rings. The third kappa shape index (κ3) is 5.63. The molecule has 3 N–H and O–H groups in total. The Hall–Kier alpha value is -1.53. The third-order valence-electron chi connectivity index (χ3n) is 2.93. The van der Waals surface area contributed by atoms with Crippen molar-refractivity contribution in [2.45, 2.75) is 12.3 Å². The van der Waals surface area contributed by atoms with Gasteiger partial charge in [0.2, 0.25) is 0 Å². The summed E-state index contributed by atoms with van der Waals surface area (Å²) in [7, 11) is 1.53. The molecule has 0 bridgehead atoms. The van der Waals surface area contributed by atoms with Crippen molar-refractivity contribution < 1.29 is 13.5 Å². The largest absolute Gasteiger partial charge is 0.388 e. The minimum absolute atomic E-state index is 0.00422. The standard InChI is InChI=1S/C14H21F2N3O/c1-20-10-9-19(8-7-13(17)18)11-14(15,16)12-5-3-2-4-6-12/h2-6H,7-11H2,1H3,(H3,17,18). The number of nitrogens with two attached hydrogens (primary N) is 1. The Morgan fingerprint density at radius 2 is 1.95 bits per heavy atom. The molecule has 1 rings (SSSR count). The van der Waals surface area contributed by atoms with Crippen molar-refractivity contribution in [3.05, 3.63) is 35.9 Å². The molecule has 0 radical (unpaired) electrons. The number of halogens is 2. The van der Waals surface area contributed by atoms with Crippen LogP contribution in [0.1, 0.15) is 12.0 Å². The van der Waals surface area contributed by atoms with Gasteiger partial charge in [-0.15, -0.1) is 0 Å². The monoisotopic (exact) mass is 285 g/mol. The molecule has 6 heteroatoms. The number of nitrogens with one attached hydrogen (secondary N) is 1. The van der Waals surface area contributed by atoms with Gasteiger partial charge in [-0.2, -0.15) is 8.78 Å². The van der Waals surface area contributed by atoms with Crippen molar-refractivity contribution >= 4 is 5.84 Å². The number of benzene rings is 1. The molecule has 0 amide bonds. The molecule has 0 saturated heterocycles. The molecule has 0 saturated carbocycles. The summed E-state index contributed by atoms with van der Waals surface area (Å²) >= 11 is 0. The van der Waals surface area contributed by atoms with E-state index in [2.05, 4.69) is 0 Å². The van der Waals surface area contributed by atoms with Crippen LogP contribution in [-0.4, -0.2) is 44.1 Å². The number of hydrogen-bond acceptors (Lipinski definition) is 3. The van der Waals surface area contributed by atoms with E-state index >= 15 is 0 Å². The Labute approximate surface area is 118 Å². The Bertz CT molecular complexity index is 412. The number of rotatable bonds is 9. The maximum atomic E-state index is 14.2. The van der Waals surface area contributed by atoms with Crippen molar-refractivity contribution in [2.75, 3.05) is 33.4 Å². The summed E-state index contributed by atoms with van der Waals surface area (Å²) in [5, 5.41) is 7.19. The van der Waals surface area contributed by atoms with Crippen LogP contribution in [-0.2, 0) is 10.7 Å². The zero-order chi connectivity index (χ0) is 15.0. The molecule has 0 aromatic heterocycles. The molecular formula is C14H21F2N3O.